The molecular formula is C15H20ClNO5. The van der Waals surface area contributed by atoms with E-state index in [9.17, 15) is 9.59 Å². The lowest BCUT2D eigenvalue weighted by molar-refractivity contribution is 0.00823. The number of halogens is 1. The van der Waals surface area contributed by atoms with E-state index in [1.54, 1.807) is 30.3 Å². The molecular weight excluding hydrogens is 310 g/mol. The van der Waals surface area contributed by atoms with E-state index in [-0.39, 0.29) is 12.0 Å². The Labute approximate surface area is 134 Å². The standard InChI is InChI=1S/C15H20ClNO5/c1-15(2,3)12(16)11(9-20-13(17)18)22-14(19)21-10-7-5-4-6-8-10/h4-8,11-12H,9H2,1-3H3,(H2,17,18)/t11-,12?/m0/s1. The number of rotatable bonds is 5. The zero-order chi connectivity index (χ0) is 16.8. The van der Waals surface area contributed by atoms with Crippen LogP contribution in [-0.2, 0) is 9.47 Å². The van der Waals surface area contributed by atoms with Crippen LogP contribution < -0.4 is 10.5 Å². The molecule has 0 spiro atoms. The lowest BCUT2D eigenvalue weighted by atomic mass is 9.88. The van der Waals surface area contributed by atoms with Crippen LogP contribution in [0.1, 0.15) is 20.8 Å². The number of hydrogen-bond acceptors (Lipinski definition) is 5. The van der Waals surface area contributed by atoms with Crippen LogP contribution in [0, 0.1) is 5.41 Å². The maximum absolute atomic E-state index is 11.8. The van der Waals surface area contributed by atoms with Crippen molar-refractivity contribution in [3.05, 3.63) is 30.3 Å². The van der Waals surface area contributed by atoms with Crippen LogP contribution in [0.3, 0.4) is 0 Å². The summed E-state index contributed by atoms with van der Waals surface area (Å²) in [4.78, 5) is 22.6. The van der Waals surface area contributed by atoms with E-state index in [4.69, 9.17) is 31.5 Å². The van der Waals surface area contributed by atoms with Gasteiger partial charge < -0.3 is 19.9 Å². The number of ether oxygens (including phenoxy) is 3. The quantitative estimate of drug-likeness (QED) is 0.508. The number of amides is 1. The maximum atomic E-state index is 11.8. The molecule has 1 aromatic rings. The fourth-order valence-electron chi connectivity index (χ4n) is 1.63. The van der Waals surface area contributed by atoms with Gasteiger partial charge in [0.05, 0.1) is 5.38 Å². The van der Waals surface area contributed by atoms with Crippen molar-refractivity contribution in [2.24, 2.45) is 11.1 Å². The molecule has 7 heteroatoms. The molecule has 0 aliphatic rings. The fraction of sp³-hybridized carbons (Fsp3) is 0.467. The normalized spacial score (nSPS) is 13.8. The van der Waals surface area contributed by atoms with Crippen LogP contribution >= 0.6 is 11.6 Å². The van der Waals surface area contributed by atoms with E-state index < -0.39 is 23.7 Å². The molecule has 1 rings (SSSR count). The summed E-state index contributed by atoms with van der Waals surface area (Å²) in [5.41, 5.74) is 4.54. The lowest BCUT2D eigenvalue weighted by Gasteiger charge is -2.31. The summed E-state index contributed by atoms with van der Waals surface area (Å²) >= 11 is 6.29. The predicted octanol–water partition coefficient (Wildman–Crippen LogP) is 3.32. The van der Waals surface area contributed by atoms with Gasteiger partial charge >= 0.3 is 12.2 Å². The molecule has 22 heavy (non-hydrogen) atoms. The molecule has 0 heterocycles. The van der Waals surface area contributed by atoms with Gasteiger partial charge in [-0.1, -0.05) is 39.0 Å². The third-order valence-electron chi connectivity index (χ3n) is 2.74. The monoisotopic (exact) mass is 329 g/mol. The SMILES string of the molecule is CC(C)(C)C(Cl)[C@H](COC(N)=O)OC(=O)Oc1ccccc1. The van der Waals surface area contributed by atoms with Crippen molar-refractivity contribution in [3.63, 3.8) is 0 Å². The summed E-state index contributed by atoms with van der Waals surface area (Å²) in [5, 5.41) is -0.602. The van der Waals surface area contributed by atoms with E-state index in [1.165, 1.54) is 0 Å². The van der Waals surface area contributed by atoms with Crippen LogP contribution in [0.2, 0.25) is 0 Å². The molecule has 2 N–H and O–H groups in total. The number of hydrogen-bond donors (Lipinski definition) is 1. The van der Waals surface area contributed by atoms with Gasteiger partial charge in [0.1, 0.15) is 12.4 Å². The minimum absolute atomic E-state index is 0.245. The average Bonchev–Trinajstić information content (AvgIpc) is 2.42. The highest BCUT2D eigenvalue weighted by Crippen LogP contribution is 2.29. The van der Waals surface area contributed by atoms with Gasteiger partial charge in [-0.3, -0.25) is 0 Å². The van der Waals surface area contributed by atoms with Gasteiger partial charge in [0, 0.05) is 0 Å². The van der Waals surface area contributed by atoms with E-state index in [0.717, 1.165) is 0 Å². The summed E-state index contributed by atoms with van der Waals surface area (Å²) in [6.07, 6.45) is -2.78. The first-order chi connectivity index (χ1) is 10.2. The summed E-state index contributed by atoms with van der Waals surface area (Å²) in [5.74, 6) is 0.337. The van der Waals surface area contributed by atoms with Gasteiger partial charge in [-0.2, -0.15) is 0 Å². The second-order valence-electron chi connectivity index (χ2n) is 5.72. The summed E-state index contributed by atoms with van der Waals surface area (Å²) in [6, 6.07) is 8.44. The Morgan fingerprint density at radius 2 is 1.82 bits per heavy atom. The predicted molar refractivity (Wildman–Crippen MR) is 82.0 cm³/mol. The zero-order valence-electron chi connectivity index (χ0n) is 12.7. The molecule has 0 aromatic heterocycles. The van der Waals surface area contributed by atoms with Gasteiger partial charge in [0.2, 0.25) is 0 Å². The Morgan fingerprint density at radius 3 is 2.32 bits per heavy atom. The minimum atomic E-state index is -0.970. The highest BCUT2D eigenvalue weighted by Gasteiger charge is 2.34. The van der Waals surface area contributed by atoms with E-state index in [1.807, 2.05) is 20.8 Å². The van der Waals surface area contributed by atoms with Gasteiger partial charge in [0.15, 0.2) is 6.10 Å². The molecule has 0 bridgehead atoms. The van der Waals surface area contributed by atoms with Crippen molar-refractivity contribution < 1.29 is 23.8 Å². The largest absolute Gasteiger partial charge is 0.514 e. The molecule has 2 atom stereocenters. The maximum Gasteiger partial charge on any atom is 0.514 e. The molecule has 0 radical (unpaired) electrons. The molecule has 6 nitrogen and oxygen atoms in total. The molecule has 0 aliphatic carbocycles. The summed E-state index contributed by atoms with van der Waals surface area (Å²) in [7, 11) is 0. The molecule has 1 amide bonds. The second-order valence-corrected chi connectivity index (χ2v) is 6.19. The van der Waals surface area contributed by atoms with Gasteiger partial charge in [-0.25, -0.2) is 9.59 Å². The van der Waals surface area contributed by atoms with Gasteiger partial charge in [-0.05, 0) is 17.5 Å². The van der Waals surface area contributed by atoms with Crippen molar-refractivity contribution in [1.82, 2.24) is 0 Å². The van der Waals surface area contributed by atoms with Crippen LogP contribution in [0.15, 0.2) is 30.3 Å². The number of benzene rings is 1. The Bertz CT molecular complexity index is 500. The van der Waals surface area contributed by atoms with Crippen LogP contribution in [0.5, 0.6) is 5.75 Å². The summed E-state index contributed by atoms with van der Waals surface area (Å²) < 4.78 is 14.9. The van der Waals surface area contributed by atoms with Gasteiger partial charge in [0.25, 0.3) is 0 Å². The van der Waals surface area contributed by atoms with E-state index >= 15 is 0 Å². The van der Waals surface area contributed by atoms with Crippen molar-refractivity contribution in [3.8, 4) is 5.75 Å². The number of primary amides is 1. The Hall–Kier alpha value is -1.95. The molecule has 0 saturated carbocycles. The average molecular weight is 330 g/mol. The van der Waals surface area contributed by atoms with Crippen molar-refractivity contribution >= 4 is 23.8 Å². The smallest absolute Gasteiger partial charge is 0.446 e. The molecule has 0 saturated heterocycles. The fourth-order valence-corrected chi connectivity index (χ4v) is 1.76. The van der Waals surface area contributed by atoms with Crippen LogP contribution in [0.25, 0.3) is 0 Å². The highest BCUT2D eigenvalue weighted by atomic mass is 35.5. The van der Waals surface area contributed by atoms with Crippen molar-refractivity contribution in [1.29, 1.82) is 0 Å². The zero-order valence-corrected chi connectivity index (χ0v) is 13.5. The number of para-hydroxylation sites is 1. The molecule has 1 aromatic carbocycles. The van der Waals surface area contributed by atoms with Crippen molar-refractivity contribution in [2.75, 3.05) is 6.61 Å². The first kappa shape index (κ1) is 18.1. The Kier molecular flexibility index (Phi) is 6.49. The van der Waals surface area contributed by atoms with E-state index in [0.29, 0.717) is 5.75 Å². The van der Waals surface area contributed by atoms with Crippen LogP contribution in [-0.4, -0.2) is 30.3 Å². The second kappa shape index (κ2) is 7.89. The molecule has 0 aliphatic heterocycles. The third-order valence-corrected chi connectivity index (χ3v) is 3.67. The summed E-state index contributed by atoms with van der Waals surface area (Å²) in [6.45, 7) is 5.36. The first-order valence-electron chi connectivity index (χ1n) is 6.70. The van der Waals surface area contributed by atoms with E-state index in [2.05, 4.69) is 0 Å². The number of nitrogens with two attached hydrogens (primary N) is 1. The number of carbonyl (C=O) groups excluding carboxylic acids is 2. The number of alkyl halides is 1. The van der Waals surface area contributed by atoms with Crippen molar-refractivity contribution in [2.45, 2.75) is 32.3 Å². The molecule has 1 unspecified atom stereocenters. The van der Waals surface area contributed by atoms with Gasteiger partial charge in [-0.15, -0.1) is 11.6 Å². The lowest BCUT2D eigenvalue weighted by Crippen LogP contribution is -2.41. The minimum Gasteiger partial charge on any atom is -0.446 e. The molecule has 122 valence electrons. The topological polar surface area (TPSA) is 87.9 Å². The number of carbonyl (C=O) groups is 2. The van der Waals surface area contributed by atoms with Crippen LogP contribution in [0.4, 0.5) is 9.59 Å². The molecule has 0 fully saturated rings. The highest BCUT2D eigenvalue weighted by molar-refractivity contribution is 6.21. The first-order valence-corrected chi connectivity index (χ1v) is 7.13. The Morgan fingerprint density at radius 1 is 1.23 bits per heavy atom. The Balaban J connectivity index is 2.70. The third kappa shape index (κ3) is 6.22.